The van der Waals surface area contributed by atoms with Crippen molar-refractivity contribution in [2.24, 2.45) is 0 Å². The van der Waals surface area contributed by atoms with Crippen LogP contribution in [0, 0.1) is 11.8 Å². The first-order chi connectivity index (χ1) is 33.1. The minimum atomic E-state index is -5.83. The zero-order chi connectivity index (χ0) is 50.3. The number of fused-ring (bicyclic) bond motifs is 7. The summed E-state index contributed by atoms with van der Waals surface area (Å²) < 4.78 is 65.2. The zero-order valence-corrected chi connectivity index (χ0v) is 38.4. The van der Waals surface area contributed by atoms with Crippen LogP contribution in [0.15, 0.2) is 60.9 Å². The number of anilines is 1. The largest absolute Gasteiger partial charge is 0.508 e. The van der Waals surface area contributed by atoms with E-state index in [1.165, 1.54) is 36.4 Å². The van der Waals surface area contributed by atoms with Gasteiger partial charge in [0.05, 0.1) is 24.1 Å². The summed E-state index contributed by atoms with van der Waals surface area (Å²) in [6.45, 7) is -0.962. The van der Waals surface area contributed by atoms with E-state index in [4.69, 9.17) is 29.7 Å². The Morgan fingerprint density at radius 2 is 1.56 bits per heavy atom. The molecule has 3 aliphatic heterocycles. The lowest BCUT2D eigenvalue weighted by atomic mass is 9.77. The molecule has 3 aliphatic rings. The first-order valence-corrected chi connectivity index (χ1v) is 25.1. The molecular weight excluding hydrogens is 991 g/mol. The number of aromatic nitrogens is 4. The lowest BCUT2D eigenvalue weighted by Gasteiger charge is -2.36. The number of hydrogen-bond acceptors (Lipinski definition) is 20. The number of phosphoric acid groups is 3. The molecule has 1 fully saturated rings. The van der Waals surface area contributed by atoms with Gasteiger partial charge in [0.1, 0.15) is 59.1 Å². The number of carbonyl (C=O) groups excluding carboxylic acids is 3. The van der Waals surface area contributed by atoms with E-state index in [2.05, 4.69) is 50.7 Å². The molecule has 6 atom stereocenters. The average Bonchev–Trinajstić information content (AvgIpc) is 3.89. The van der Waals surface area contributed by atoms with Gasteiger partial charge < -0.3 is 70.6 Å². The number of aliphatic hydroxyl groups excluding tert-OH is 2. The van der Waals surface area contributed by atoms with Gasteiger partial charge in [-0.2, -0.15) is 13.7 Å². The van der Waals surface area contributed by atoms with Gasteiger partial charge in [-0.1, -0.05) is 12.3 Å². The van der Waals surface area contributed by atoms with E-state index in [0.29, 0.717) is 36.0 Å². The smallest absolute Gasteiger partial charge is 0.490 e. The second kappa shape index (κ2) is 19.5. The van der Waals surface area contributed by atoms with Gasteiger partial charge in [0.15, 0.2) is 17.5 Å². The van der Waals surface area contributed by atoms with Crippen LogP contribution in [0.25, 0.3) is 11.0 Å². The molecular formula is C40H40N7O20P3. The summed E-state index contributed by atoms with van der Waals surface area (Å²) in [5.41, 5.74) is 6.12. The highest BCUT2D eigenvalue weighted by atomic mass is 31.3. The molecule has 5 aromatic rings. The summed E-state index contributed by atoms with van der Waals surface area (Å²) in [6.07, 6.45) is -4.12. The van der Waals surface area contributed by atoms with Crippen LogP contribution < -0.4 is 21.1 Å². The third kappa shape index (κ3) is 10.4. The van der Waals surface area contributed by atoms with Crippen molar-refractivity contribution in [3.63, 3.8) is 0 Å². The Hall–Kier alpha value is -6.33. The summed E-state index contributed by atoms with van der Waals surface area (Å²) in [6, 6.07) is 13.3. The number of amides is 2. The number of carbonyl (C=O) groups is 3. The Kier molecular flexibility index (Phi) is 13.9. The van der Waals surface area contributed by atoms with Crippen LogP contribution in [0.2, 0.25) is 0 Å². The standard InChI is InChI=1S/C40H40N7O20P3/c41-35-32-27(46-47(36(32)45-19-44-35)38-34(52)33(51)30(64-38)18-62-69(58,59)67-70(60,61)66-68(55,56)57)5-4-14-42-31(50)6-2-1-3-13-43-37(53)20-7-10-23-26(15-20)40(65-39(23)54)24-11-8-21(48)16-28(24)63-29-17-22(49)9-12-25(29)40/h7-12,15-17,19,30,33-34,38,48-49,51-52H,1-3,6,13-14,18H2,(H,42,50)(H,43,53)(H,58,59)(H,60,61)(H2,41,44,45)(H2,55,56,57)/t30-,33-,34-,38+/m1/s1. The fourth-order valence-corrected chi connectivity index (χ4v) is 10.9. The van der Waals surface area contributed by atoms with Gasteiger partial charge in [-0.25, -0.2) is 33.1 Å². The van der Waals surface area contributed by atoms with Gasteiger partial charge in [0.25, 0.3) is 5.91 Å². The van der Waals surface area contributed by atoms with Crippen molar-refractivity contribution in [1.82, 2.24) is 30.4 Å². The molecule has 30 heteroatoms. The number of nitrogens with zero attached hydrogens (tertiary/aromatic N) is 4. The molecule has 0 aliphatic carbocycles. The fraction of sp³-hybridized carbons (Fsp3) is 0.300. The molecule has 0 saturated carbocycles. The predicted octanol–water partition coefficient (Wildman–Crippen LogP) is 1.81. The molecule has 12 N–H and O–H groups in total. The average molecular weight is 1030 g/mol. The molecule has 8 rings (SSSR count). The third-order valence-electron chi connectivity index (χ3n) is 10.9. The van der Waals surface area contributed by atoms with Crippen LogP contribution in [0.4, 0.5) is 5.82 Å². The molecule has 2 amide bonds. The molecule has 1 saturated heterocycles. The van der Waals surface area contributed by atoms with Crippen molar-refractivity contribution in [1.29, 1.82) is 0 Å². The number of rotatable bonds is 16. The molecule has 5 heterocycles. The van der Waals surface area contributed by atoms with E-state index in [0.717, 1.165) is 11.0 Å². The number of nitrogens with one attached hydrogen (secondary N) is 2. The molecule has 0 bridgehead atoms. The molecule has 3 aromatic carbocycles. The Morgan fingerprint density at radius 1 is 0.857 bits per heavy atom. The highest BCUT2D eigenvalue weighted by molar-refractivity contribution is 7.66. The zero-order valence-electron chi connectivity index (χ0n) is 35.7. The molecule has 1 spiro atoms. The van der Waals surface area contributed by atoms with E-state index in [9.17, 15) is 58.3 Å². The van der Waals surface area contributed by atoms with Gasteiger partial charge >= 0.3 is 29.4 Å². The van der Waals surface area contributed by atoms with Gasteiger partial charge in [0, 0.05) is 47.4 Å². The number of nitrogen functional groups attached to an aromatic ring is 1. The summed E-state index contributed by atoms with van der Waals surface area (Å²) in [5, 5.41) is 51.7. The summed E-state index contributed by atoms with van der Waals surface area (Å²) >= 11 is 0. The van der Waals surface area contributed by atoms with Crippen molar-refractivity contribution in [2.45, 2.75) is 55.8 Å². The normalized spacial score (nSPS) is 20.5. The molecule has 70 heavy (non-hydrogen) atoms. The van der Waals surface area contributed by atoms with E-state index in [-0.39, 0.29) is 82.1 Å². The molecule has 27 nitrogen and oxygen atoms in total. The molecule has 2 unspecified atom stereocenters. The minimum absolute atomic E-state index is 0.0332. The van der Waals surface area contributed by atoms with Crippen molar-refractivity contribution < 1.29 is 95.4 Å². The Labute approximate surface area is 393 Å². The number of phosphoric ester groups is 1. The number of ether oxygens (including phenoxy) is 3. The number of esters is 1. The van der Waals surface area contributed by atoms with Gasteiger partial charge in [0.2, 0.25) is 5.91 Å². The lowest BCUT2D eigenvalue weighted by Crippen LogP contribution is -2.33. The first kappa shape index (κ1) is 50.1. The van der Waals surface area contributed by atoms with Crippen LogP contribution in [-0.2, 0) is 46.7 Å². The second-order valence-electron chi connectivity index (χ2n) is 15.6. The number of hydrogen-bond donors (Lipinski definition) is 11. The maximum atomic E-state index is 13.4. The maximum absolute atomic E-state index is 13.4. The number of aromatic hydroxyl groups is 2. The summed E-state index contributed by atoms with van der Waals surface area (Å²) in [5.74, 6) is 4.15. The highest BCUT2D eigenvalue weighted by Gasteiger charge is 2.54. The van der Waals surface area contributed by atoms with Gasteiger partial charge in [-0.3, -0.25) is 14.1 Å². The minimum Gasteiger partial charge on any atom is -0.508 e. The Morgan fingerprint density at radius 3 is 2.24 bits per heavy atom. The Bertz CT molecular complexity index is 3090. The van der Waals surface area contributed by atoms with Crippen LogP contribution >= 0.6 is 23.5 Å². The van der Waals surface area contributed by atoms with Crippen LogP contribution in [0.1, 0.15) is 75.0 Å². The Balaban J connectivity index is 0.824. The summed E-state index contributed by atoms with van der Waals surface area (Å²) in [4.78, 5) is 83.9. The van der Waals surface area contributed by atoms with Crippen molar-refractivity contribution in [3.8, 4) is 34.8 Å². The number of aliphatic hydroxyl groups is 2. The second-order valence-corrected chi connectivity index (χ2v) is 20.0. The van der Waals surface area contributed by atoms with Gasteiger partial charge in [-0.05, 0) is 61.2 Å². The van der Waals surface area contributed by atoms with Crippen LogP contribution in [-0.4, -0.2) is 116 Å². The number of nitrogens with two attached hydrogens (primary N) is 1. The van der Waals surface area contributed by atoms with Crippen molar-refractivity contribution in [3.05, 3.63) is 94.4 Å². The molecule has 370 valence electrons. The van der Waals surface area contributed by atoms with Crippen LogP contribution in [0.5, 0.6) is 23.0 Å². The highest BCUT2D eigenvalue weighted by Crippen LogP contribution is 2.66. The third-order valence-corrected chi connectivity index (χ3v) is 14.7. The maximum Gasteiger partial charge on any atom is 0.490 e. The SMILES string of the molecule is Nc1ncnc2c1c(C#CCNC(=O)CCCCCNC(=O)c1ccc3c(c1)C1(OC3=O)c3ccc(O)cc3Oc3cc(O)ccc31)nn2[C@H]1O[C@H](COP(=O)(O)OP(=O)(O)OP(=O)(O)O)[C@@H](O)[C@H]1O. The molecule has 0 radical (unpaired) electrons. The van der Waals surface area contributed by atoms with E-state index < -0.39 is 72.1 Å². The summed E-state index contributed by atoms with van der Waals surface area (Å²) in [7, 11) is -17.1. The quantitative estimate of drug-likeness (QED) is 0.0290. The monoisotopic (exact) mass is 1030 g/mol. The van der Waals surface area contributed by atoms with E-state index in [1.807, 2.05) is 0 Å². The van der Waals surface area contributed by atoms with E-state index in [1.54, 1.807) is 18.2 Å². The van der Waals surface area contributed by atoms with Gasteiger partial charge in [-0.15, -0.1) is 0 Å². The number of benzene rings is 3. The van der Waals surface area contributed by atoms with E-state index >= 15 is 0 Å². The van der Waals surface area contributed by atoms with Crippen LogP contribution in [0.3, 0.4) is 0 Å². The first-order valence-electron chi connectivity index (χ1n) is 20.6. The lowest BCUT2D eigenvalue weighted by molar-refractivity contribution is -0.121. The number of phenols is 2. The van der Waals surface area contributed by atoms with Crippen molar-refractivity contribution >= 4 is 58.1 Å². The predicted molar refractivity (Wildman–Crippen MR) is 234 cm³/mol. The number of phenolic OH excluding ortho intramolecular Hbond substituents is 2. The topological polar surface area (TPSA) is 413 Å². The fourth-order valence-electron chi connectivity index (χ4n) is 7.89. The van der Waals surface area contributed by atoms with Crippen molar-refractivity contribution in [2.75, 3.05) is 25.4 Å². The number of unbranched alkanes of at least 4 members (excludes halogenated alkanes) is 2. The molecule has 2 aromatic heterocycles.